The lowest BCUT2D eigenvalue weighted by Crippen LogP contribution is -2.33. The standard InChI is InChI=1S/C8H10ClNO/c1-2-8(11)10-5-3-4-7(9)6-10/h2,4H,1,3,5-6H2. The first-order chi connectivity index (χ1) is 5.24. The molecule has 0 N–H and O–H groups in total. The lowest BCUT2D eigenvalue weighted by atomic mass is 10.2. The second-order valence-electron chi connectivity index (χ2n) is 2.40. The molecule has 0 aromatic carbocycles. The molecule has 1 amide bonds. The van der Waals surface area contributed by atoms with Gasteiger partial charge in [0.2, 0.25) is 5.91 Å². The Hall–Kier alpha value is -0.760. The lowest BCUT2D eigenvalue weighted by molar-refractivity contribution is -0.125. The summed E-state index contributed by atoms with van der Waals surface area (Å²) in [5, 5.41) is 0.742. The highest BCUT2D eigenvalue weighted by Crippen LogP contribution is 2.12. The highest BCUT2D eigenvalue weighted by atomic mass is 35.5. The van der Waals surface area contributed by atoms with Crippen molar-refractivity contribution in [1.82, 2.24) is 4.90 Å². The SMILES string of the molecule is C=CC(=O)N1CCC=C(Cl)C1. The Kier molecular flexibility index (Phi) is 2.71. The van der Waals surface area contributed by atoms with Gasteiger partial charge in [-0.15, -0.1) is 0 Å². The number of carbonyl (C=O) groups is 1. The molecule has 1 aliphatic heterocycles. The van der Waals surface area contributed by atoms with Crippen LogP contribution >= 0.6 is 11.6 Å². The predicted octanol–water partition coefficient (Wildman–Crippen LogP) is 1.53. The zero-order valence-corrected chi connectivity index (χ0v) is 6.97. The van der Waals surface area contributed by atoms with Gasteiger partial charge >= 0.3 is 0 Å². The number of hydrogen-bond acceptors (Lipinski definition) is 1. The summed E-state index contributed by atoms with van der Waals surface area (Å²) >= 11 is 5.75. The van der Waals surface area contributed by atoms with E-state index in [0.717, 1.165) is 18.0 Å². The van der Waals surface area contributed by atoms with Gasteiger partial charge in [0.05, 0.1) is 6.54 Å². The van der Waals surface area contributed by atoms with Gasteiger partial charge in [-0.05, 0) is 12.5 Å². The molecule has 0 radical (unpaired) electrons. The Labute approximate surface area is 71.1 Å². The molecule has 11 heavy (non-hydrogen) atoms. The minimum absolute atomic E-state index is 0.0451. The minimum atomic E-state index is -0.0451. The van der Waals surface area contributed by atoms with Crippen molar-refractivity contribution in [2.45, 2.75) is 6.42 Å². The monoisotopic (exact) mass is 171 g/mol. The van der Waals surface area contributed by atoms with Gasteiger partial charge in [0.15, 0.2) is 0 Å². The van der Waals surface area contributed by atoms with Crippen LogP contribution in [0.2, 0.25) is 0 Å². The third kappa shape index (κ3) is 2.09. The van der Waals surface area contributed by atoms with Gasteiger partial charge in [0, 0.05) is 11.6 Å². The molecule has 0 saturated carbocycles. The second-order valence-corrected chi connectivity index (χ2v) is 2.89. The van der Waals surface area contributed by atoms with E-state index in [-0.39, 0.29) is 5.91 Å². The number of carbonyl (C=O) groups excluding carboxylic acids is 1. The fourth-order valence-corrected chi connectivity index (χ4v) is 1.27. The van der Waals surface area contributed by atoms with Crippen LogP contribution in [-0.4, -0.2) is 23.9 Å². The third-order valence-corrected chi connectivity index (χ3v) is 1.87. The number of hydrogen-bond donors (Lipinski definition) is 0. The number of nitrogens with zero attached hydrogens (tertiary/aromatic N) is 1. The largest absolute Gasteiger partial charge is 0.334 e. The lowest BCUT2D eigenvalue weighted by Gasteiger charge is -2.23. The molecule has 1 rings (SSSR count). The van der Waals surface area contributed by atoms with E-state index in [2.05, 4.69) is 6.58 Å². The van der Waals surface area contributed by atoms with Crippen LogP contribution < -0.4 is 0 Å². The summed E-state index contributed by atoms with van der Waals surface area (Å²) < 4.78 is 0. The molecule has 3 heteroatoms. The van der Waals surface area contributed by atoms with Gasteiger partial charge < -0.3 is 4.90 Å². The molecular formula is C8H10ClNO. The van der Waals surface area contributed by atoms with E-state index in [1.54, 1.807) is 4.90 Å². The molecule has 1 aliphatic rings. The van der Waals surface area contributed by atoms with E-state index >= 15 is 0 Å². The fraction of sp³-hybridized carbons (Fsp3) is 0.375. The fourth-order valence-electron chi connectivity index (χ4n) is 1.02. The minimum Gasteiger partial charge on any atom is -0.334 e. The van der Waals surface area contributed by atoms with Crippen molar-refractivity contribution in [3.63, 3.8) is 0 Å². The van der Waals surface area contributed by atoms with Crippen molar-refractivity contribution in [3.8, 4) is 0 Å². The molecule has 0 atom stereocenters. The Morgan fingerprint density at radius 1 is 1.82 bits per heavy atom. The van der Waals surface area contributed by atoms with Crippen LogP contribution in [0, 0.1) is 0 Å². The number of amides is 1. The number of halogens is 1. The average molecular weight is 172 g/mol. The van der Waals surface area contributed by atoms with Crippen molar-refractivity contribution in [2.75, 3.05) is 13.1 Å². The van der Waals surface area contributed by atoms with E-state index in [4.69, 9.17) is 11.6 Å². The molecule has 0 spiro atoms. The van der Waals surface area contributed by atoms with Crippen molar-refractivity contribution in [2.24, 2.45) is 0 Å². The van der Waals surface area contributed by atoms with Crippen molar-refractivity contribution in [3.05, 3.63) is 23.8 Å². The van der Waals surface area contributed by atoms with Gasteiger partial charge in [-0.1, -0.05) is 24.3 Å². The summed E-state index contributed by atoms with van der Waals surface area (Å²) in [5.74, 6) is -0.0451. The van der Waals surface area contributed by atoms with E-state index in [1.165, 1.54) is 6.08 Å². The van der Waals surface area contributed by atoms with Crippen LogP contribution in [0.15, 0.2) is 23.8 Å². The van der Waals surface area contributed by atoms with Crippen molar-refractivity contribution in [1.29, 1.82) is 0 Å². The van der Waals surface area contributed by atoms with Gasteiger partial charge in [-0.25, -0.2) is 0 Å². The maximum absolute atomic E-state index is 11.0. The van der Waals surface area contributed by atoms with Gasteiger partial charge in [0.1, 0.15) is 0 Å². The van der Waals surface area contributed by atoms with Gasteiger partial charge in [-0.3, -0.25) is 4.79 Å². The highest BCUT2D eigenvalue weighted by Gasteiger charge is 2.13. The molecule has 0 aliphatic carbocycles. The zero-order chi connectivity index (χ0) is 8.27. The smallest absolute Gasteiger partial charge is 0.246 e. The van der Waals surface area contributed by atoms with Crippen molar-refractivity contribution < 1.29 is 4.79 Å². The normalized spacial score (nSPS) is 17.5. The Morgan fingerprint density at radius 2 is 2.55 bits per heavy atom. The van der Waals surface area contributed by atoms with Crippen LogP contribution in [-0.2, 0) is 4.79 Å². The summed E-state index contributed by atoms with van der Waals surface area (Å²) in [5.41, 5.74) is 0. The summed E-state index contributed by atoms with van der Waals surface area (Å²) in [4.78, 5) is 12.7. The maximum atomic E-state index is 11.0. The summed E-state index contributed by atoms with van der Waals surface area (Å²) in [6.45, 7) is 4.69. The van der Waals surface area contributed by atoms with Crippen LogP contribution in [0.5, 0.6) is 0 Å². The van der Waals surface area contributed by atoms with E-state index in [0.29, 0.717) is 6.54 Å². The van der Waals surface area contributed by atoms with Crippen LogP contribution in [0.3, 0.4) is 0 Å². The van der Waals surface area contributed by atoms with E-state index in [9.17, 15) is 4.79 Å². The second kappa shape index (κ2) is 3.58. The molecule has 0 bridgehead atoms. The summed E-state index contributed by atoms with van der Waals surface area (Å²) in [7, 11) is 0. The molecular weight excluding hydrogens is 162 g/mol. The van der Waals surface area contributed by atoms with Crippen LogP contribution in [0.25, 0.3) is 0 Å². The maximum Gasteiger partial charge on any atom is 0.246 e. The summed E-state index contributed by atoms with van der Waals surface area (Å²) in [6, 6.07) is 0. The van der Waals surface area contributed by atoms with Crippen molar-refractivity contribution >= 4 is 17.5 Å². The topological polar surface area (TPSA) is 20.3 Å². The molecule has 0 aromatic heterocycles. The molecule has 2 nitrogen and oxygen atoms in total. The first-order valence-corrected chi connectivity index (χ1v) is 3.87. The Morgan fingerprint density at radius 3 is 3.09 bits per heavy atom. The van der Waals surface area contributed by atoms with Gasteiger partial charge in [-0.2, -0.15) is 0 Å². The average Bonchev–Trinajstić information content (AvgIpc) is 2.03. The van der Waals surface area contributed by atoms with Gasteiger partial charge in [0.25, 0.3) is 0 Å². The Bertz CT molecular complexity index is 210. The van der Waals surface area contributed by atoms with E-state index in [1.807, 2.05) is 6.08 Å². The Balaban J connectivity index is 2.57. The zero-order valence-electron chi connectivity index (χ0n) is 6.22. The first-order valence-electron chi connectivity index (χ1n) is 3.50. The molecule has 0 saturated heterocycles. The molecule has 60 valence electrons. The summed E-state index contributed by atoms with van der Waals surface area (Å²) in [6.07, 6.45) is 4.10. The first kappa shape index (κ1) is 8.34. The number of rotatable bonds is 1. The van der Waals surface area contributed by atoms with Crippen LogP contribution in [0.4, 0.5) is 0 Å². The third-order valence-electron chi connectivity index (χ3n) is 1.59. The van der Waals surface area contributed by atoms with Crippen LogP contribution in [0.1, 0.15) is 6.42 Å². The quantitative estimate of drug-likeness (QED) is 0.548. The highest BCUT2D eigenvalue weighted by molar-refractivity contribution is 6.30. The van der Waals surface area contributed by atoms with E-state index < -0.39 is 0 Å². The predicted molar refractivity (Wildman–Crippen MR) is 45.3 cm³/mol. The molecule has 1 heterocycles. The molecule has 0 fully saturated rings. The molecule has 0 aromatic rings. The molecule has 0 unspecified atom stereocenters.